The lowest BCUT2D eigenvalue weighted by Gasteiger charge is -2.34. The second-order valence-electron chi connectivity index (χ2n) is 7.13. The molecule has 0 atom stereocenters. The van der Waals surface area contributed by atoms with E-state index in [0.717, 1.165) is 37.6 Å². The van der Waals surface area contributed by atoms with Gasteiger partial charge in [-0.05, 0) is 24.3 Å². The topological polar surface area (TPSA) is 65.2 Å². The number of nitriles is 1. The van der Waals surface area contributed by atoms with E-state index in [0.29, 0.717) is 24.2 Å². The van der Waals surface area contributed by atoms with Gasteiger partial charge in [0.1, 0.15) is 5.82 Å². The number of imidazole rings is 1. The highest BCUT2D eigenvalue weighted by atomic mass is 16.2. The second kappa shape index (κ2) is 8.72. The molecule has 1 aliphatic rings. The van der Waals surface area contributed by atoms with E-state index < -0.39 is 0 Å². The van der Waals surface area contributed by atoms with Crippen LogP contribution >= 0.6 is 0 Å². The van der Waals surface area contributed by atoms with Crippen LogP contribution in [0.3, 0.4) is 0 Å². The monoisotopic (exact) mass is 385 g/mol. The van der Waals surface area contributed by atoms with Crippen LogP contribution in [0, 0.1) is 11.3 Å². The van der Waals surface area contributed by atoms with Gasteiger partial charge in [0.05, 0.1) is 11.6 Å². The van der Waals surface area contributed by atoms with Gasteiger partial charge in [-0.25, -0.2) is 4.98 Å². The Bertz CT molecular complexity index is 996. The van der Waals surface area contributed by atoms with E-state index in [2.05, 4.69) is 32.7 Å². The van der Waals surface area contributed by atoms with E-state index in [1.54, 1.807) is 24.3 Å². The Morgan fingerprint density at radius 3 is 2.38 bits per heavy atom. The van der Waals surface area contributed by atoms with Gasteiger partial charge in [0, 0.05) is 62.8 Å². The van der Waals surface area contributed by atoms with Gasteiger partial charge in [-0.15, -0.1) is 0 Å². The summed E-state index contributed by atoms with van der Waals surface area (Å²) in [4.78, 5) is 21.4. The molecule has 6 nitrogen and oxygen atoms in total. The van der Waals surface area contributed by atoms with E-state index >= 15 is 0 Å². The van der Waals surface area contributed by atoms with Gasteiger partial charge in [0.15, 0.2) is 0 Å². The number of hydrogen-bond donors (Lipinski definition) is 0. The smallest absolute Gasteiger partial charge is 0.253 e. The molecule has 0 N–H and O–H groups in total. The Morgan fingerprint density at radius 1 is 0.966 bits per heavy atom. The lowest BCUT2D eigenvalue weighted by atomic mass is 10.1. The first-order valence-corrected chi connectivity index (χ1v) is 9.83. The van der Waals surface area contributed by atoms with Crippen LogP contribution in [0.4, 0.5) is 0 Å². The van der Waals surface area contributed by atoms with E-state index in [4.69, 9.17) is 5.26 Å². The summed E-state index contributed by atoms with van der Waals surface area (Å²) in [5.41, 5.74) is 2.33. The average molecular weight is 385 g/mol. The predicted molar refractivity (Wildman–Crippen MR) is 111 cm³/mol. The molecule has 146 valence electrons. The highest BCUT2D eigenvalue weighted by Gasteiger charge is 2.22. The largest absolute Gasteiger partial charge is 0.336 e. The summed E-state index contributed by atoms with van der Waals surface area (Å²) in [6.07, 6.45) is 3.86. The predicted octanol–water partition coefficient (Wildman–Crippen LogP) is 2.88. The number of aromatic nitrogens is 2. The highest BCUT2D eigenvalue weighted by Crippen LogP contribution is 2.17. The summed E-state index contributed by atoms with van der Waals surface area (Å²) in [5, 5.41) is 8.89. The SMILES string of the molecule is N#Cc1ccc(C(=O)N2CCN(CCn3ccnc3-c3ccccc3)CC2)cc1. The number of piperazine rings is 1. The molecule has 0 unspecified atom stereocenters. The zero-order chi connectivity index (χ0) is 20.1. The second-order valence-corrected chi connectivity index (χ2v) is 7.13. The summed E-state index contributed by atoms with van der Waals surface area (Å²) in [7, 11) is 0. The number of hydrogen-bond acceptors (Lipinski definition) is 4. The Labute approximate surface area is 170 Å². The van der Waals surface area contributed by atoms with Gasteiger partial charge in [0.2, 0.25) is 0 Å². The van der Waals surface area contributed by atoms with E-state index in [1.165, 1.54) is 0 Å². The Hall–Kier alpha value is -3.43. The normalized spacial score (nSPS) is 14.5. The van der Waals surface area contributed by atoms with Crippen LogP contribution < -0.4 is 0 Å². The quantitative estimate of drug-likeness (QED) is 0.677. The van der Waals surface area contributed by atoms with Crippen molar-refractivity contribution in [1.29, 1.82) is 5.26 Å². The summed E-state index contributed by atoms with van der Waals surface area (Å²) in [6.45, 7) is 4.94. The van der Waals surface area contributed by atoms with Gasteiger partial charge in [0.25, 0.3) is 5.91 Å². The van der Waals surface area contributed by atoms with Crippen LogP contribution in [0.25, 0.3) is 11.4 Å². The van der Waals surface area contributed by atoms with E-state index in [9.17, 15) is 4.79 Å². The first-order chi connectivity index (χ1) is 14.2. The van der Waals surface area contributed by atoms with Gasteiger partial charge < -0.3 is 9.47 Å². The molecule has 29 heavy (non-hydrogen) atoms. The molecule has 2 heterocycles. The highest BCUT2D eigenvalue weighted by molar-refractivity contribution is 5.94. The standard InChI is InChI=1S/C23H23N5O/c24-18-19-6-8-21(9-7-19)23(29)28-16-13-26(14-17-28)12-15-27-11-10-25-22(27)20-4-2-1-3-5-20/h1-11H,12-17H2. The molecule has 1 aliphatic heterocycles. The van der Waals surface area contributed by atoms with Crippen molar-refractivity contribution >= 4 is 5.91 Å². The minimum absolute atomic E-state index is 0.0371. The molecule has 6 heteroatoms. The summed E-state index contributed by atoms with van der Waals surface area (Å²) < 4.78 is 2.18. The summed E-state index contributed by atoms with van der Waals surface area (Å²) >= 11 is 0. The Morgan fingerprint density at radius 2 is 1.69 bits per heavy atom. The van der Waals surface area contributed by atoms with Crippen molar-refractivity contribution in [2.75, 3.05) is 32.7 Å². The maximum Gasteiger partial charge on any atom is 0.253 e. The van der Waals surface area contributed by atoms with Gasteiger partial charge >= 0.3 is 0 Å². The number of carbonyl (C=O) groups is 1. The van der Waals surface area contributed by atoms with Crippen LogP contribution in [0.1, 0.15) is 15.9 Å². The van der Waals surface area contributed by atoms with Crippen molar-refractivity contribution in [2.45, 2.75) is 6.54 Å². The van der Waals surface area contributed by atoms with Crippen molar-refractivity contribution in [3.05, 3.63) is 78.1 Å². The van der Waals surface area contributed by atoms with Crippen molar-refractivity contribution in [3.63, 3.8) is 0 Å². The van der Waals surface area contributed by atoms with Crippen LogP contribution in [-0.4, -0.2) is 58.0 Å². The number of nitrogens with zero attached hydrogens (tertiary/aromatic N) is 5. The first kappa shape index (κ1) is 18.9. The molecule has 0 saturated carbocycles. The number of amides is 1. The molecule has 1 fully saturated rings. The molecular weight excluding hydrogens is 362 g/mol. The van der Waals surface area contributed by atoms with Crippen molar-refractivity contribution < 1.29 is 4.79 Å². The van der Waals surface area contributed by atoms with Crippen molar-refractivity contribution in [1.82, 2.24) is 19.4 Å². The minimum atomic E-state index is 0.0371. The molecule has 3 aromatic rings. The fraction of sp³-hybridized carbons (Fsp3) is 0.261. The fourth-order valence-corrected chi connectivity index (χ4v) is 3.63. The van der Waals surface area contributed by atoms with Gasteiger partial charge in [-0.1, -0.05) is 30.3 Å². The number of carbonyl (C=O) groups excluding carboxylic acids is 1. The molecule has 0 spiro atoms. The lowest BCUT2D eigenvalue weighted by molar-refractivity contribution is 0.0633. The molecule has 0 aliphatic carbocycles. The van der Waals surface area contributed by atoms with Crippen molar-refractivity contribution in [2.24, 2.45) is 0 Å². The number of rotatable bonds is 5. The fourth-order valence-electron chi connectivity index (χ4n) is 3.63. The molecule has 4 rings (SSSR count). The minimum Gasteiger partial charge on any atom is -0.336 e. The Kier molecular flexibility index (Phi) is 5.68. The third-order valence-electron chi connectivity index (χ3n) is 5.33. The van der Waals surface area contributed by atoms with Crippen LogP contribution in [-0.2, 0) is 6.54 Å². The molecular formula is C23H23N5O. The first-order valence-electron chi connectivity index (χ1n) is 9.83. The number of benzene rings is 2. The molecule has 0 radical (unpaired) electrons. The Balaban J connectivity index is 1.30. The third kappa shape index (κ3) is 4.36. The van der Waals surface area contributed by atoms with E-state index in [1.807, 2.05) is 35.5 Å². The zero-order valence-corrected chi connectivity index (χ0v) is 16.2. The molecule has 0 bridgehead atoms. The molecule has 1 saturated heterocycles. The average Bonchev–Trinajstić information content (AvgIpc) is 3.27. The van der Waals surface area contributed by atoms with Crippen LogP contribution in [0.2, 0.25) is 0 Å². The maximum absolute atomic E-state index is 12.7. The molecule has 2 aromatic carbocycles. The molecule has 1 amide bonds. The van der Waals surface area contributed by atoms with Crippen LogP contribution in [0.5, 0.6) is 0 Å². The van der Waals surface area contributed by atoms with Crippen molar-refractivity contribution in [3.8, 4) is 17.5 Å². The lowest BCUT2D eigenvalue weighted by Crippen LogP contribution is -2.49. The van der Waals surface area contributed by atoms with Crippen LogP contribution in [0.15, 0.2) is 67.0 Å². The third-order valence-corrected chi connectivity index (χ3v) is 5.33. The maximum atomic E-state index is 12.7. The summed E-state index contributed by atoms with van der Waals surface area (Å²) in [6, 6.07) is 19.1. The zero-order valence-electron chi connectivity index (χ0n) is 16.2. The molecule has 1 aromatic heterocycles. The van der Waals surface area contributed by atoms with E-state index in [-0.39, 0.29) is 5.91 Å². The summed E-state index contributed by atoms with van der Waals surface area (Å²) in [5.74, 6) is 1.02. The van der Waals surface area contributed by atoms with Gasteiger partial charge in [-0.2, -0.15) is 5.26 Å². The van der Waals surface area contributed by atoms with Gasteiger partial charge in [-0.3, -0.25) is 9.69 Å².